The molecule has 0 aromatic carbocycles. The summed E-state index contributed by atoms with van der Waals surface area (Å²) in [5.74, 6) is -0.199. The lowest BCUT2D eigenvalue weighted by molar-refractivity contribution is -0.138. The molecule has 0 spiro atoms. The monoisotopic (exact) mass is 353 g/mol. The zero-order valence-corrected chi connectivity index (χ0v) is 15.9. The van der Waals surface area contributed by atoms with Gasteiger partial charge in [-0.05, 0) is 49.4 Å². The van der Waals surface area contributed by atoms with Crippen LogP contribution in [0, 0.1) is 17.3 Å². The molecule has 0 amide bonds. The molecule has 0 aromatic heterocycles. The summed E-state index contributed by atoms with van der Waals surface area (Å²) in [6.07, 6.45) is 7.18. The van der Waals surface area contributed by atoms with E-state index in [1.165, 1.54) is 25.7 Å². The summed E-state index contributed by atoms with van der Waals surface area (Å²) in [5, 5.41) is 22.3. The van der Waals surface area contributed by atoms with E-state index in [-0.39, 0.29) is 23.8 Å². The maximum Gasteiger partial charge on any atom is 0.303 e. The SMILES string of the molecule is CC(C)(C)C1CC(CCC(=O)O)CC(N2NC3CCCCC3N2)C1O. The van der Waals surface area contributed by atoms with Crippen LogP contribution in [0.4, 0.5) is 0 Å². The van der Waals surface area contributed by atoms with E-state index in [9.17, 15) is 9.90 Å². The minimum atomic E-state index is -0.724. The van der Waals surface area contributed by atoms with Crippen LogP contribution < -0.4 is 10.9 Å². The molecule has 3 rings (SSSR count). The number of nitrogens with one attached hydrogen (secondary N) is 2. The van der Waals surface area contributed by atoms with Crippen LogP contribution in [0.2, 0.25) is 0 Å². The van der Waals surface area contributed by atoms with Gasteiger partial charge in [-0.3, -0.25) is 4.79 Å². The van der Waals surface area contributed by atoms with E-state index < -0.39 is 12.1 Å². The van der Waals surface area contributed by atoms with Gasteiger partial charge in [-0.15, -0.1) is 0 Å². The van der Waals surface area contributed by atoms with Crippen molar-refractivity contribution in [3.8, 4) is 0 Å². The Balaban J connectivity index is 1.72. The van der Waals surface area contributed by atoms with Crippen molar-refractivity contribution in [2.75, 3.05) is 0 Å². The van der Waals surface area contributed by atoms with Gasteiger partial charge in [-0.25, -0.2) is 10.9 Å². The molecule has 1 aliphatic heterocycles. The second-order valence-corrected chi connectivity index (χ2v) is 9.43. The maximum absolute atomic E-state index is 11.1. The summed E-state index contributed by atoms with van der Waals surface area (Å²) < 4.78 is 0. The largest absolute Gasteiger partial charge is 0.481 e. The predicted octanol–water partition coefficient (Wildman–Crippen LogP) is 2.29. The van der Waals surface area contributed by atoms with Crippen molar-refractivity contribution in [1.29, 1.82) is 0 Å². The van der Waals surface area contributed by atoms with Gasteiger partial charge in [-0.2, -0.15) is 5.12 Å². The summed E-state index contributed by atoms with van der Waals surface area (Å²) in [6, 6.07) is 0.934. The number of rotatable bonds is 4. The molecule has 1 saturated heterocycles. The van der Waals surface area contributed by atoms with Gasteiger partial charge in [0.1, 0.15) is 0 Å². The van der Waals surface area contributed by atoms with E-state index in [4.69, 9.17) is 5.11 Å². The van der Waals surface area contributed by atoms with E-state index in [0.717, 1.165) is 12.8 Å². The lowest BCUT2D eigenvalue weighted by Gasteiger charge is -2.47. The number of aliphatic hydroxyl groups excluding tert-OH is 1. The predicted molar refractivity (Wildman–Crippen MR) is 96.5 cm³/mol. The first-order chi connectivity index (χ1) is 11.8. The van der Waals surface area contributed by atoms with Gasteiger partial charge in [0.05, 0.1) is 12.1 Å². The number of hydrogen-bond acceptors (Lipinski definition) is 5. The van der Waals surface area contributed by atoms with Gasteiger partial charge >= 0.3 is 5.97 Å². The van der Waals surface area contributed by atoms with Crippen LogP contribution in [0.5, 0.6) is 0 Å². The van der Waals surface area contributed by atoms with Crippen molar-refractivity contribution < 1.29 is 15.0 Å². The Kier molecular flexibility index (Phi) is 5.73. The molecule has 2 aliphatic carbocycles. The number of nitrogens with zero attached hydrogens (tertiary/aromatic N) is 1. The van der Waals surface area contributed by atoms with Gasteiger partial charge < -0.3 is 10.2 Å². The Morgan fingerprint density at radius 2 is 1.72 bits per heavy atom. The molecule has 6 unspecified atom stereocenters. The first kappa shape index (κ1) is 19.1. The fourth-order valence-corrected chi connectivity index (χ4v) is 5.06. The Labute approximate surface area is 151 Å². The lowest BCUT2D eigenvalue weighted by Crippen LogP contribution is -2.59. The molecular weight excluding hydrogens is 318 g/mol. The molecule has 2 saturated carbocycles. The molecule has 3 aliphatic rings. The highest BCUT2D eigenvalue weighted by Gasteiger charge is 2.47. The summed E-state index contributed by atoms with van der Waals surface area (Å²) in [6.45, 7) is 6.55. The number of aliphatic hydroxyl groups is 1. The topological polar surface area (TPSA) is 84.8 Å². The second kappa shape index (κ2) is 7.51. The highest BCUT2D eigenvalue weighted by molar-refractivity contribution is 5.66. The smallest absolute Gasteiger partial charge is 0.303 e. The molecule has 0 bridgehead atoms. The second-order valence-electron chi connectivity index (χ2n) is 9.43. The van der Waals surface area contributed by atoms with Crippen molar-refractivity contribution in [1.82, 2.24) is 16.0 Å². The number of hydrazine groups is 2. The van der Waals surface area contributed by atoms with Gasteiger partial charge in [0, 0.05) is 18.5 Å². The van der Waals surface area contributed by atoms with Crippen molar-refractivity contribution in [3.05, 3.63) is 0 Å². The first-order valence-corrected chi connectivity index (χ1v) is 9.97. The minimum absolute atomic E-state index is 0.00219. The molecule has 0 aromatic rings. The van der Waals surface area contributed by atoms with Gasteiger partial charge in [-0.1, -0.05) is 33.6 Å². The Bertz CT molecular complexity index is 465. The molecule has 25 heavy (non-hydrogen) atoms. The van der Waals surface area contributed by atoms with Crippen LogP contribution in [0.3, 0.4) is 0 Å². The maximum atomic E-state index is 11.1. The van der Waals surface area contributed by atoms with E-state index >= 15 is 0 Å². The molecular formula is C19H35N3O3. The van der Waals surface area contributed by atoms with Gasteiger partial charge in [0.25, 0.3) is 0 Å². The standard InChI is InChI=1S/C19H35N3O3/c1-19(2,3)13-10-12(8-9-17(23)24)11-16(18(13)25)22-20-14-6-4-5-7-15(14)21-22/h12-16,18,20-21,25H,4-11H2,1-3H3,(H,23,24). The van der Waals surface area contributed by atoms with E-state index in [0.29, 0.717) is 24.4 Å². The summed E-state index contributed by atoms with van der Waals surface area (Å²) in [4.78, 5) is 11.0. The average molecular weight is 354 g/mol. The van der Waals surface area contributed by atoms with Crippen molar-refractivity contribution in [2.45, 2.75) is 96.4 Å². The number of carboxylic acid groups (broad SMARTS) is 1. The van der Waals surface area contributed by atoms with Crippen LogP contribution in [0.1, 0.15) is 72.1 Å². The fourth-order valence-electron chi connectivity index (χ4n) is 5.06. The Morgan fingerprint density at radius 1 is 1.12 bits per heavy atom. The van der Waals surface area contributed by atoms with Crippen LogP contribution >= 0.6 is 0 Å². The molecule has 6 heteroatoms. The summed E-state index contributed by atoms with van der Waals surface area (Å²) >= 11 is 0. The first-order valence-electron chi connectivity index (χ1n) is 9.97. The highest BCUT2D eigenvalue weighted by Crippen LogP contribution is 2.43. The van der Waals surface area contributed by atoms with Crippen molar-refractivity contribution >= 4 is 5.97 Å². The lowest BCUT2D eigenvalue weighted by atomic mass is 9.65. The zero-order valence-electron chi connectivity index (χ0n) is 15.9. The number of fused-ring (bicyclic) bond motifs is 1. The van der Waals surface area contributed by atoms with Crippen LogP contribution in [0.25, 0.3) is 0 Å². The molecule has 144 valence electrons. The number of carboxylic acids is 1. The van der Waals surface area contributed by atoms with Gasteiger partial charge in [0.15, 0.2) is 0 Å². The van der Waals surface area contributed by atoms with Gasteiger partial charge in [0.2, 0.25) is 0 Å². The molecule has 6 atom stereocenters. The molecule has 0 radical (unpaired) electrons. The third-order valence-corrected chi connectivity index (χ3v) is 6.55. The Morgan fingerprint density at radius 3 is 2.24 bits per heavy atom. The van der Waals surface area contributed by atoms with Crippen LogP contribution in [0.15, 0.2) is 0 Å². The summed E-state index contributed by atoms with van der Waals surface area (Å²) in [7, 11) is 0. The van der Waals surface area contributed by atoms with Crippen molar-refractivity contribution in [2.24, 2.45) is 17.3 Å². The molecule has 3 fully saturated rings. The van der Waals surface area contributed by atoms with E-state index in [1.54, 1.807) is 0 Å². The number of hydrogen-bond donors (Lipinski definition) is 4. The third kappa shape index (κ3) is 4.35. The molecule has 6 nitrogen and oxygen atoms in total. The summed E-state index contributed by atoms with van der Waals surface area (Å²) in [5.41, 5.74) is 7.20. The molecule has 1 heterocycles. The number of carbonyl (C=O) groups is 1. The minimum Gasteiger partial charge on any atom is -0.481 e. The normalized spacial score (nSPS) is 40.0. The number of aliphatic carboxylic acids is 1. The molecule has 4 N–H and O–H groups in total. The highest BCUT2D eigenvalue weighted by atomic mass is 16.4. The van der Waals surface area contributed by atoms with Crippen molar-refractivity contribution in [3.63, 3.8) is 0 Å². The van der Waals surface area contributed by atoms with Crippen LogP contribution in [-0.4, -0.2) is 45.5 Å². The Hall–Kier alpha value is -0.690. The van der Waals surface area contributed by atoms with Crippen LogP contribution in [-0.2, 0) is 4.79 Å². The average Bonchev–Trinajstić information content (AvgIpc) is 2.96. The third-order valence-electron chi connectivity index (χ3n) is 6.55. The fraction of sp³-hybridized carbons (Fsp3) is 0.947. The van der Waals surface area contributed by atoms with E-state index in [2.05, 4.69) is 36.7 Å². The van der Waals surface area contributed by atoms with E-state index in [1.807, 2.05) is 0 Å². The zero-order chi connectivity index (χ0) is 18.2. The quantitative estimate of drug-likeness (QED) is 0.621.